The molecule has 0 unspecified atom stereocenters. The van der Waals surface area contributed by atoms with Gasteiger partial charge in [0.05, 0.1) is 0 Å². The van der Waals surface area contributed by atoms with Gasteiger partial charge in [-0.2, -0.15) is 0 Å². The van der Waals surface area contributed by atoms with Gasteiger partial charge in [-0.3, -0.25) is 14.4 Å². The second-order valence-corrected chi connectivity index (χ2v) is 5.08. The van der Waals surface area contributed by atoms with Gasteiger partial charge < -0.3 is 14.7 Å². The van der Waals surface area contributed by atoms with E-state index in [4.69, 9.17) is 0 Å². The molecule has 0 atom stereocenters. The van der Waals surface area contributed by atoms with E-state index in [1.54, 1.807) is 11.9 Å². The first-order chi connectivity index (χ1) is 10.1. The van der Waals surface area contributed by atoms with Crippen molar-refractivity contribution in [1.29, 1.82) is 0 Å². The molecule has 0 spiro atoms. The molecule has 1 aromatic rings. The Labute approximate surface area is 123 Å². The highest BCUT2D eigenvalue weighted by molar-refractivity contribution is 6.34. The van der Waals surface area contributed by atoms with E-state index >= 15 is 0 Å². The maximum Gasteiger partial charge on any atom is 0.312 e. The minimum Gasteiger partial charge on any atom is -0.342 e. The monoisotopic (exact) mass is 289 g/mol. The van der Waals surface area contributed by atoms with Gasteiger partial charge in [0.25, 0.3) is 0 Å². The Balaban J connectivity index is 1.90. The Kier molecular flexibility index (Phi) is 4.92. The molecule has 2 rings (SSSR count). The summed E-state index contributed by atoms with van der Waals surface area (Å²) in [4.78, 5) is 39.5. The number of nitrogens with zero attached hydrogens (tertiary/aromatic N) is 3. The number of carbonyl (C=O) groups is 3. The van der Waals surface area contributed by atoms with E-state index in [2.05, 4.69) is 0 Å². The number of piperazine rings is 1. The van der Waals surface area contributed by atoms with E-state index in [1.165, 1.54) is 9.80 Å². The molecule has 6 heteroatoms. The Morgan fingerprint density at radius 2 is 1.76 bits per heavy atom. The lowest BCUT2D eigenvalue weighted by atomic mass is 10.2. The van der Waals surface area contributed by atoms with Crippen LogP contribution in [-0.4, -0.2) is 66.2 Å². The maximum absolute atomic E-state index is 12.2. The summed E-state index contributed by atoms with van der Waals surface area (Å²) in [6.07, 6.45) is 0.769. The third-order valence-corrected chi connectivity index (χ3v) is 3.54. The fourth-order valence-corrected chi connectivity index (χ4v) is 2.26. The fourth-order valence-electron chi connectivity index (χ4n) is 2.26. The van der Waals surface area contributed by atoms with Crippen LogP contribution in [0.15, 0.2) is 30.3 Å². The van der Waals surface area contributed by atoms with Crippen LogP contribution in [-0.2, 0) is 20.9 Å². The average Bonchev–Trinajstić information content (AvgIpc) is 2.54. The fraction of sp³-hybridized carbons (Fsp3) is 0.400. The molecule has 1 saturated heterocycles. The van der Waals surface area contributed by atoms with Gasteiger partial charge in [0.2, 0.25) is 6.41 Å². The normalized spacial score (nSPS) is 14.7. The van der Waals surface area contributed by atoms with Crippen molar-refractivity contribution in [3.63, 3.8) is 0 Å². The lowest BCUT2D eigenvalue weighted by molar-refractivity contribution is -0.152. The van der Waals surface area contributed by atoms with Gasteiger partial charge in [-0.25, -0.2) is 0 Å². The van der Waals surface area contributed by atoms with Crippen LogP contribution in [0, 0.1) is 0 Å². The molecule has 112 valence electrons. The van der Waals surface area contributed by atoms with Crippen LogP contribution in [0.5, 0.6) is 0 Å². The smallest absolute Gasteiger partial charge is 0.312 e. The van der Waals surface area contributed by atoms with Gasteiger partial charge in [0.1, 0.15) is 0 Å². The van der Waals surface area contributed by atoms with Crippen molar-refractivity contribution in [3.05, 3.63) is 35.9 Å². The first kappa shape index (κ1) is 15.0. The molecule has 1 fully saturated rings. The number of carbonyl (C=O) groups excluding carboxylic acids is 3. The number of benzene rings is 1. The molecule has 1 heterocycles. The van der Waals surface area contributed by atoms with Gasteiger partial charge in [0.15, 0.2) is 0 Å². The van der Waals surface area contributed by atoms with Gasteiger partial charge in [0, 0.05) is 39.8 Å². The lowest BCUT2D eigenvalue weighted by Gasteiger charge is -2.32. The Bertz CT molecular complexity index is 510. The third-order valence-electron chi connectivity index (χ3n) is 3.54. The summed E-state index contributed by atoms with van der Waals surface area (Å²) >= 11 is 0. The van der Waals surface area contributed by atoms with Crippen LogP contribution in [0.2, 0.25) is 0 Å². The minimum absolute atomic E-state index is 0.402. The van der Waals surface area contributed by atoms with Crippen molar-refractivity contribution in [1.82, 2.24) is 14.7 Å². The molecule has 0 N–H and O–H groups in total. The first-order valence-corrected chi connectivity index (χ1v) is 6.89. The van der Waals surface area contributed by atoms with Crippen molar-refractivity contribution in [3.8, 4) is 0 Å². The van der Waals surface area contributed by atoms with Gasteiger partial charge in [-0.05, 0) is 5.56 Å². The SMILES string of the molecule is CN(Cc1ccccc1)C(=O)C(=O)N1CCN(C=O)CC1. The summed E-state index contributed by atoms with van der Waals surface area (Å²) in [7, 11) is 1.62. The molecular formula is C15H19N3O3. The Morgan fingerprint density at radius 3 is 2.33 bits per heavy atom. The number of hydrogen-bond donors (Lipinski definition) is 0. The predicted octanol–water partition coefficient (Wildman–Crippen LogP) is -0.0544. The number of likely N-dealkylation sites (N-methyl/N-ethyl adjacent to an activating group) is 1. The highest BCUT2D eigenvalue weighted by Gasteiger charge is 2.27. The highest BCUT2D eigenvalue weighted by atomic mass is 16.2. The Morgan fingerprint density at radius 1 is 1.14 bits per heavy atom. The van der Waals surface area contributed by atoms with Crippen molar-refractivity contribution in [2.45, 2.75) is 6.54 Å². The zero-order valence-electron chi connectivity index (χ0n) is 12.1. The van der Waals surface area contributed by atoms with Gasteiger partial charge in [-0.1, -0.05) is 30.3 Å². The molecule has 6 nitrogen and oxygen atoms in total. The number of rotatable bonds is 3. The zero-order valence-corrected chi connectivity index (χ0v) is 12.1. The van der Waals surface area contributed by atoms with E-state index in [0.29, 0.717) is 32.7 Å². The standard InChI is InChI=1S/C15H19N3O3/c1-16(11-13-5-3-2-4-6-13)14(20)15(21)18-9-7-17(12-19)8-10-18/h2-6,12H,7-11H2,1H3. The van der Waals surface area contributed by atoms with E-state index in [-0.39, 0.29) is 0 Å². The van der Waals surface area contributed by atoms with Crippen LogP contribution in [0.4, 0.5) is 0 Å². The van der Waals surface area contributed by atoms with E-state index in [9.17, 15) is 14.4 Å². The number of hydrogen-bond acceptors (Lipinski definition) is 3. The van der Waals surface area contributed by atoms with E-state index < -0.39 is 11.8 Å². The van der Waals surface area contributed by atoms with Crippen molar-refractivity contribution < 1.29 is 14.4 Å². The maximum atomic E-state index is 12.2. The molecule has 21 heavy (non-hydrogen) atoms. The summed E-state index contributed by atoms with van der Waals surface area (Å²) in [6.45, 7) is 2.17. The summed E-state index contributed by atoms with van der Waals surface area (Å²) < 4.78 is 0. The third kappa shape index (κ3) is 3.81. The number of amides is 3. The van der Waals surface area contributed by atoms with Crippen LogP contribution in [0.25, 0.3) is 0 Å². The topological polar surface area (TPSA) is 60.9 Å². The molecule has 1 aliphatic rings. The van der Waals surface area contributed by atoms with E-state index in [0.717, 1.165) is 12.0 Å². The Hall–Kier alpha value is -2.37. The largest absolute Gasteiger partial charge is 0.342 e. The summed E-state index contributed by atoms with van der Waals surface area (Å²) in [5.41, 5.74) is 0.979. The van der Waals surface area contributed by atoms with Crippen LogP contribution < -0.4 is 0 Å². The molecule has 0 aromatic heterocycles. The predicted molar refractivity (Wildman–Crippen MR) is 77.1 cm³/mol. The minimum atomic E-state index is -0.515. The van der Waals surface area contributed by atoms with Crippen LogP contribution >= 0.6 is 0 Å². The van der Waals surface area contributed by atoms with Gasteiger partial charge in [-0.15, -0.1) is 0 Å². The molecule has 0 aliphatic carbocycles. The summed E-state index contributed by atoms with van der Waals surface area (Å²) in [5.74, 6) is -1.02. The second kappa shape index (κ2) is 6.88. The first-order valence-electron chi connectivity index (χ1n) is 6.89. The highest BCUT2D eigenvalue weighted by Crippen LogP contribution is 2.06. The average molecular weight is 289 g/mol. The molecule has 3 amide bonds. The molecule has 0 saturated carbocycles. The summed E-state index contributed by atoms with van der Waals surface area (Å²) in [6, 6.07) is 9.53. The molecule has 1 aromatic carbocycles. The molecule has 0 radical (unpaired) electrons. The molecule has 0 bridgehead atoms. The van der Waals surface area contributed by atoms with Crippen molar-refractivity contribution in [2.75, 3.05) is 33.2 Å². The van der Waals surface area contributed by atoms with Crippen LogP contribution in [0.3, 0.4) is 0 Å². The lowest BCUT2D eigenvalue weighted by Crippen LogP contribution is -2.52. The van der Waals surface area contributed by atoms with Crippen molar-refractivity contribution in [2.24, 2.45) is 0 Å². The molecular weight excluding hydrogens is 270 g/mol. The zero-order chi connectivity index (χ0) is 15.2. The second-order valence-electron chi connectivity index (χ2n) is 5.08. The van der Waals surface area contributed by atoms with Crippen LogP contribution in [0.1, 0.15) is 5.56 Å². The quantitative estimate of drug-likeness (QED) is 0.579. The van der Waals surface area contributed by atoms with Crippen molar-refractivity contribution >= 4 is 18.2 Å². The summed E-state index contributed by atoms with van der Waals surface area (Å²) in [5, 5.41) is 0. The van der Waals surface area contributed by atoms with Gasteiger partial charge >= 0.3 is 11.8 Å². The molecule has 1 aliphatic heterocycles. The van der Waals surface area contributed by atoms with E-state index in [1.807, 2.05) is 30.3 Å².